The summed E-state index contributed by atoms with van der Waals surface area (Å²) in [6, 6.07) is 31.4. The van der Waals surface area contributed by atoms with Crippen LogP contribution in [0.15, 0.2) is 96.0 Å². The molecule has 5 aromatic rings. The smallest absolute Gasteiger partial charge is 0.254 e. The number of hydrogen-bond donors (Lipinski definition) is 1. The van der Waals surface area contributed by atoms with Crippen LogP contribution in [0.4, 0.5) is 5.00 Å². The fourth-order valence-corrected chi connectivity index (χ4v) is 6.85. The summed E-state index contributed by atoms with van der Waals surface area (Å²) in [5.74, 6) is -0.0284. The summed E-state index contributed by atoms with van der Waals surface area (Å²) in [6.07, 6.45) is 6.20. The Morgan fingerprint density at radius 2 is 1.57 bits per heavy atom. The molecule has 0 atom stereocenters. The summed E-state index contributed by atoms with van der Waals surface area (Å²) >= 11 is 1.68. The second-order valence-corrected chi connectivity index (χ2v) is 11.5. The first-order chi connectivity index (χ1) is 19.6. The molecule has 0 saturated heterocycles. The van der Waals surface area contributed by atoms with Gasteiger partial charge in [0.2, 0.25) is 0 Å². The van der Waals surface area contributed by atoms with Crippen molar-refractivity contribution in [3.8, 4) is 16.8 Å². The summed E-state index contributed by atoms with van der Waals surface area (Å²) in [6.45, 7) is 4.77. The molecule has 3 aromatic carbocycles. The maximum Gasteiger partial charge on any atom is 0.254 e. The molecule has 0 fully saturated rings. The minimum absolute atomic E-state index is 0.0284. The Labute approximate surface area is 240 Å². The molecular formula is C35H33N3OS. The molecule has 5 heteroatoms. The number of nitrogens with zero attached hydrogens (tertiary/aromatic N) is 2. The maximum atomic E-state index is 13.4. The Morgan fingerprint density at radius 3 is 2.33 bits per heavy atom. The minimum atomic E-state index is -0.0284. The van der Waals surface area contributed by atoms with Crippen molar-refractivity contribution >= 4 is 28.5 Å². The van der Waals surface area contributed by atoms with E-state index in [-0.39, 0.29) is 5.91 Å². The van der Waals surface area contributed by atoms with Crippen molar-refractivity contribution < 1.29 is 4.79 Å². The van der Waals surface area contributed by atoms with Crippen LogP contribution in [-0.4, -0.2) is 16.7 Å². The molecule has 0 saturated carbocycles. The van der Waals surface area contributed by atoms with Gasteiger partial charge in [0.25, 0.3) is 5.91 Å². The minimum Gasteiger partial charge on any atom is -0.348 e. The molecule has 40 heavy (non-hydrogen) atoms. The highest BCUT2D eigenvalue weighted by atomic mass is 32.1. The SMILES string of the molecule is Cc1cc(C=Nc2sc3c(c2C(=O)NCc2ccccc2)CCCC3)c(C)n1-c1ccc(-c2ccccc2)cc1. The predicted octanol–water partition coefficient (Wildman–Crippen LogP) is 8.38. The summed E-state index contributed by atoms with van der Waals surface area (Å²) in [5, 5.41) is 3.96. The number of nitrogens with one attached hydrogen (secondary N) is 1. The van der Waals surface area contributed by atoms with Crippen LogP contribution in [0.1, 0.15) is 56.2 Å². The van der Waals surface area contributed by atoms with Crippen LogP contribution in [0.5, 0.6) is 0 Å². The van der Waals surface area contributed by atoms with Gasteiger partial charge in [-0.25, -0.2) is 4.99 Å². The Morgan fingerprint density at radius 1 is 0.900 bits per heavy atom. The van der Waals surface area contributed by atoms with Crippen molar-refractivity contribution in [2.45, 2.75) is 46.1 Å². The molecule has 1 N–H and O–H groups in total. The van der Waals surface area contributed by atoms with Gasteiger partial charge in [0.1, 0.15) is 5.00 Å². The lowest BCUT2D eigenvalue weighted by Gasteiger charge is -2.13. The zero-order valence-electron chi connectivity index (χ0n) is 23.0. The van der Waals surface area contributed by atoms with Gasteiger partial charge >= 0.3 is 0 Å². The van der Waals surface area contributed by atoms with Gasteiger partial charge in [0.15, 0.2) is 0 Å². The first-order valence-electron chi connectivity index (χ1n) is 13.9. The molecule has 1 amide bonds. The summed E-state index contributed by atoms with van der Waals surface area (Å²) in [5.41, 5.74) is 9.93. The molecule has 2 aromatic heterocycles. The molecule has 6 rings (SSSR count). The number of carbonyl (C=O) groups excluding carboxylic acids is 1. The van der Waals surface area contributed by atoms with Crippen LogP contribution >= 0.6 is 11.3 Å². The third kappa shape index (κ3) is 5.30. The average Bonchev–Trinajstić information content (AvgIpc) is 3.51. The highest BCUT2D eigenvalue weighted by Crippen LogP contribution is 2.40. The number of rotatable bonds is 7. The van der Waals surface area contributed by atoms with Gasteiger partial charge in [0.05, 0.1) is 5.56 Å². The number of amides is 1. The predicted molar refractivity (Wildman–Crippen MR) is 167 cm³/mol. The van der Waals surface area contributed by atoms with Gasteiger partial charge in [-0.1, -0.05) is 72.8 Å². The quantitative estimate of drug-likeness (QED) is 0.206. The van der Waals surface area contributed by atoms with Gasteiger partial charge in [0, 0.05) is 40.3 Å². The number of aromatic nitrogens is 1. The van der Waals surface area contributed by atoms with E-state index < -0.39 is 0 Å². The van der Waals surface area contributed by atoms with Crippen molar-refractivity contribution in [1.82, 2.24) is 9.88 Å². The Kier molecular flexibility index (Phi) is 7.47. The van der Waals surface area contributed by atoms with Crippen molar-refractivity contribution in [2.24, 2.45) is 4.99 Å². The van der Waals surface area contributed by atoms with E-state index in [1.54, 1.807) is 11.3 Å². The fraction of sp³-hybridized carbons (Fsp3) is 0.200. The molecule has 0 spiro atoms. The van der Waals surface area contributed by atoms with Crippen LogP contribution < -0.4 is 5.32 Å². The second-order valence-electron chi connectivity index (χ2n) is 10.4. The molecule has 0 bridgehead atoms. The average molecular weight is 544 g/mol. The molecule has 200 valence electrons. The van der Waals surface area contributed by atoms with E-state index in [1.807, 2.05) is 42.6 Å². The van der Waals surface area contributed by atoms with Gasteiger partial charge in [-0.3, -0.25) is 4.79 Å². The normalized spacial score (nSPS) is 12.9. The maximum absolute atomic E-state index is 13.4. The molecule has 0 radical (unpaired) electrons. The third-order valence-electron chi connectivity index (χ3n) is 7.70. The van der Waals surface area contributed by atoms with E-state index in [2.05, 4.69) is 78.3 Å². The number of carbonyl (C=O) groups is 1. The lowest BCUT2D eigenvalue weighted by molar-refractivity contribution is 0.0951. The monoisotopic (exact) mass is 543 g/mol. The van der Waals surface area contributed by atoms with E-state index >= 15 is 0 Å². The van der Waals surface area contributed by atoms with E-state index in [0.29, 0.717) is 6.54 Å². The van der Waals surface area contributed by atoms with Crippen LogP contribution in [-0.2, 0) is 19.4 Å². The molecule has 0 aliphatic heterocycles. The van der Waals surface area contributed by atoms with Crippen LogP contribution in [0.2, 0.25) is 0 Å². The number of benzene rings is 3. The summed E-state index contributed by atoms with van der Waals surface area (Å²) in [4.78, 5) is 19.7. The molecule has 1 aliphatic carbocycles. The number of hydrogen-bond acceptors (Lipinski definition) is 3. The van der Waals surface area contributed by atoms with Crippen LogP contribution in [0, 0.1) is 13.8 Å². The number of fused-ring (bicyclic) bond motifs is 1. The Balaban J connectivity index is 1.27. The topological polar surface area (TPSA) is 46.4 Å². The van der Waals surface area contributed by atoms with Gasteiger partial charge in [-0.05, 0) is 80.0 Å². The molecule has 0 unspecified atom stereocenters. The number of aryl methyl sites for hydroxylation is 2. The van der Waals surface area contributed by atoms with Crippen molar-refractivity contribution in [1.29, 1.82) is 0 Å². The van der Waals surface area contributed by atoms with E-state index in [1.165, 1.54) is 28.0 Å². The molecule has 1 aliphatic rings. The highest BCUT2D eigenvalue weighted by molar-refractivity contribution is 7.16. The zero-order valence-corrected chi connectivity index (χ0v) is 23.8. The third-order valence-corrected chi connectivity index (χ3v) is 8.90. The van der Waals surface area contributed by atoms with Gasteiger partial charge in [-0.15, -0.1) is 11.3 Å². The van der Waals surface area contributed by atoms with Crippen LogP contribution in [0.3, 0.4) is 0 Å². The first kappa shape index (κ1) is 26.0. The molecular weight excluding hydrogens is 510 g/mol. The molecule has 2 heterocycles. The lowest BCUT2D eigenvalue weighted by Crippen LogP contribution is -2.24. The standard InChI is InChI=1S/C35H33N3OS/c1-24-21-29(25(2)38(24)30-19-17-28(18-20-30)27-13-7-4-8-14-27)23-37-35-33(31-15-9-10-16-32(31)40-35)34(39)36-22-26-11-5-3-6-12-26/h3-8,11-14,17-21,23H,9-10,15-16,22H2,1-2H3,(H,36,39). The van der Waals surface area contributed by atoms with Crippen LogP contribution in [0.25, 0.3) is 16.8 Å². The highest BCUT2D eigenvalue weighted by Gasteiger charge is 2.25. The van der Waals surface area contributed by atoms with E-state index in [0.717, 1.165) is 58.0 Å². The summed E-state index contributed by atoms with van der Waals surface area (Å²) < 4.78 is 2.27. The van der Waals surface area contributed by atoms with Crippen molar-refractivity contribution in [3.63, 3.8) is 0 Å². The van der Waals surface area contributed by atoms with Gasteiger partial charge in [-0.2, -0.15) is 0 Å². The number of aliphatic imine (C=N–C) groups is 1. The first-order valence-corrected chi connectivity index (χ1v) is 14.8. The number of thiophene rings is 1. The lowest BCUT2D eigenvalue weighted by atomic mass is 9.95. The van der Waals surface area contributed by atoms with Crippen molar-refractivity contribution in [2.75, 3.05) is 0 Å². The second kappa shape index (κ2) is 11.5. The Hall–Kier alpha value is -4.22. The Bertz CT molecular complexity index is 1660. The fourth-order valence-electron chi connectivity index (χ4n) is 5.62. The van der Waals surface area contributed by atoms with Crippen molar-refractivity contribution in [3.05, 3.63) is 130 Å². The van der Waals surface area contributed by atoms with E-state index in [4.69, 9.17) is 4.99 Å². The zero-order chi connectivity index (χ0) is 27.5. The van der Waals surface area contributed by atoms with Gasteiger partial charge < -0.3 is 9.88 Å². The molecule has 4 nitrogen and oxygen atoms in total. The largest absolute Gasteiger partial charge is 0.348 e. The van der Waals surface area contributed by atoms with E-state index in [9.17, 15) is 4.79 Å². The summed E-state index contributed by atoms with van der Waals surface area (Å²) in [7, 11) is 0.